The highest BCUT2D eigenvalue weighted by Gasteiger charge is 2.48. The number of rotatable bonds is 3. The van der Waals surface area contributed by atoms with Gasteiger partial charge in [0.2, 0.25) is 0 Å². The van der Waals surface area contributed by atoms with E-state index in [9.17, 15) is 13.7 Å². The Morgan fingerprint density at radius 2 is 2.21 bits per heavy atom. The molecule has 2 rings (SSSR count). The molecule has 1 aromatic rings. The van der Waals surface area contributed by atoms with E-state index < -0.39 is 20.6 Å². The lowest BCUT2D eigenvalue weighted by Gasteiger charge is -2.29. The van der Waals surface area contributed by atoms with E-state index in [4.69, 9.17) is 0 Å². The summed E-state index contributed by atoms with van der Waals surface area (Å²) in [5.74, 6) is 0. The van der Waals surface area contributed by atoms with Crippen LogP contribution in [-0.2, 0) is 9.84 Å². The molecule has 4 nitrogen and oxygen atoms in total. The van der Waals surface area contributed by atoms with Crippen LogP contribution in [0.4, 0.5) is 5.69 Å². The molecule has 1 fully saturated rings. The minimum Gasteiger partial charge on any atom is -0.366 e. The molecule has 1 aliphatic rings. The third kappa shape index (κ3) is 2.74. The first kappa shape index (κ1) is 13.9. The van der Waals surface area contributed by atoms with Crippen LogP contribution in [-0.4, -0.2) is 25.5 Å². The van der Waals surface area contributed by atoms with E-state index in [1.54, 1.807) is 0 Å². The van der Waals surface area contributed by atoms with Crippen molar-refractivity contribution in [2.24, 2.45) is 0 Å². The molecule has 1 saturated carbocycles. The molecule has 1 aliphatic carbocycles. The topological polar surface area (TPSA) is 70.0 Å². The summed E-state index contributed by atoms with van der Waals surface area (Å²) >= 11 is 0. The zero-order valence-corrected chi connectivity index (χ0v) is 12.0. The molecule has 5 heteroatoms. The first-order valence-electron chi connectivity index (χ1n) is 6.32. The minimum atomic E-state index is -3.24. The summed E-state index contributed by atoms with van der Waals surface area (Å²) in [5, 5.41) is 12.0. The maximum absolute atomic E-state index is 11.9. The molecule has 2 unspecified atom stereocenters. The van der Waals surface area contributed by atoms with Crippen LogP contribution < -0.4 is 5.32 Å². The summed E-state index contributed by atoms with van der Waals surface area (Å²) in [6.45, 7) is 1.97. The molecule has 102 valence electrons. The van der Waals surface area contributed by atoms with E-state index in [1.807, 2.05) is 31.2 Å². The largest absolute Gasteiger partial charge is 0.366 e. The molecule has 0 saturated heterocycles. The number of hydrogen-bond acceptors (Lipinski definition) is 4. The second-order valence-corrected chi connectivity index (χ2v) is 7.52. The minimum absolute atomic E-state index is 0.547. The highest BCUT2D eigenvalue weighted by Crippen LogP contribution is 2.37. The van der Waals surface area contributed by atoms with E-state index in [2.05, 4.69) is 11.4 Å². The molecule has 19 heavy (non-hydrogen) atoms. The van der Waals surface area contributed by atoms with Crippen molar-refractivity contribution >= 4 is 15.5 Å². The van der Waals surface area contributed by atoms with Crippen molar-refractivity contribution in [3.63, 3.8) is 0 Å². The summed E-state index contributed by atoms with van der Waals surface area (Å²) in [7, 11) is -3.24. The van der Waals surface area contributed by atoms with Gasteiger partial charge in [-0.3, -0.25) is 0 Å². The Kier molecular flexibility index (Phi) is 3.55. The molecule has 0 aliphatic heterocycles. The zero-order chi connectivity index (χ0) is 14.1. The Bertz CT molecular complexity index is 619. The number of aryl methyl sites for hydroxylation is 1. The van der Waals surface area contributed by atoms with Gasteiger partial charge in [0.15, 0.2) is 9.84 Å². The van der Waals surface area contributed by atoms with Crippen LogP contribution >= 0.6 is 0 Å². The maximum atomic E-state index is 11.9. The van der Waals surface area contributed by atoms with Crippen molar-refractivity contribution in [3.05, 3.63) is 29.8 Å². The summed E-state index contributed by atoms with van der Waals surface area (Å²) in [5.41, 5.74) is 0.880. The monoisotopic (exact) mass is 278 g/mol. The molecule has 0 heterocycles. The van der Waals surface area contributed by atoms with Gasteiger partial charge in [-0.25, -0.2) is 8.42 Å². The van der Waals surface area contributed by atoms with Gasteiger partial charge in [0, 0.05) is 11.9 Å². The lowest BCUT2D eigenvalue weighted by atomic mass is 9.98. The predicted molar refractivity (Wildman–Crippen MR) is 75.6 cm³/mol. The van der Waals surface area contributed by atoms with Crippen molar-refractivity contribution in [3.8, 4) is 6.07 Å². The van der Waals surface area contributed by atoms with Gasteiger partial charge in [-0.05, 0) is 43.9 Å². The normalized spacial score (nSPS) is 26.9. The molecule has 0 amide bonds. The second-order valence-electron chi connectivity index (χ2n) is 5.29. The Hall–Kier alpha value is -1.54. The number of nitrogens with one attached hydrogen (secondary N) is 1. The Labute approximate surface area is 114 Å². The molecule has 0 bridgehead atoms. The molecular formula is C14H18N2O2S. The van der Waals surface area contributed by atoms with Crippen LogP contribution in [0.25, 0.3) is 0 Å². The first-order chi connectivity index (χ1) is 8.87. The second kappa shape index (κ2) is 4.86. The number of anilines is 1. The SMILES string of the molecule is Cc1cccc(NC2(C#N)CCCC2S(C)(=O)=O)c1. The lowest BCUT2D eigenvalue weighted by Crippen LogP contribution is -2.47. The van der Waals surface area contributed by atoms with E-state index >= 15 is 0 Å². The van der Waals surface area contributed by atoms with Crippen LogP contribution in [0.3, 0.4) is 0 Å². The van der Waals surface area contributed by atoms with Crippen molar-refractivity contribution in [1.29, 1.82) is 5.26 Å². The van der Waals surface area contributed by atoms with Crippen LogP contribution in [0.2, 0.25) is 0 Å². The van der Waals surface area contributed by atoms with Crippen LogP contribution in [0, 0.1) is 18.3 Å². The summed E-state index contributed by atoms with van der Waals surface area (Å²) < 4.78 is 23.7. The van der Waals surface area contributed by atoms with Crippen LogP contribution in [0.1, 0.15) is 24.8 Å². The number of sulfone groups is 1. The van der Waals surface area contributed by atoms with Gasteiger partial charge in [0.25, 0.3) is 0 Å². The third-order valence-electron chi connectivity index (χ3n) is 3.69. The van der Waals surface area contributed by atoms with E-state index in [0.29, 0.717) is 12.8 Å². The van der Waals surface area contributed by atoms with E-state index in [0.717, 1.165) is 17.7 Å². The smallest absolute Gasteiger partial charge is 0.153 e. The summed E-state index contributed by atoms with van der Waals surface area (Å²) in [6.07, 6.45) is 3.08. The van der Waals surface area contributed by atoms with Gasteiger partial charge < -0.3 is 5.32 Å². The van der Waals surface area contributed by atoms with Crippen molar-refractivity contribution in [2.45, 2.75) is 37.0 Å². The molecule has 0 spiro atoms. The van der Waals surface area contributed by atoms with Crippen molar-refractivity contribution in [2.75, 3.05) is 11.6 Å². The number of hydrogen-bond donors (Lipinski definition) is 1. The summed E-state index contributed by atoms with van der Waals surface area (Å²) in [4.78, 5) is 0. The van der Waals surface area contributed by atoms with E-state index in [1.165, 1.54) is 6.26 Å². The van der Waals surface area contributed by atoms with Gasteiger partial charge >= 0.3 is 0 Å². The van der Waals surface area contributed by atoms with Gasteiger partial charge in [-0.1, -0.05) is 12.1 Å². The quantitative estimate of drug-likeness (QED) is 0.920. The fourth-order valence-corrected chi connectivity index (χ4v) is 4.39. The molecule has 0 radical (unpaired) electrons. The zero-order valence-electron chi connectivity index (χ0n) is 11.2. The van der Waals surface area contributed by atoms with Crippen molar-refractivity contribution in [1.82, 2.24) is 0 Å². The van der Waals surface area contributed by atoms with E-state index in [-0.39, 0.29) is 0 Å². The van der Waals surface area contributed by atoms with Gasteiger partial charge in [0.05, 0.1) is 11.3 Å². The highest BCUT2D eigenvalue weighted by molar-refractivity contribution is 7.91. The van der Waals surface area contributed by atoms with Gasteiger partial charge in [-0.15, -0.1) is 0 Å². The Morgan fingerprint density at radius 3 is 2.79 bits per heavy atom. The Balaban J connectivity index is 2.36. The number of benzene rings is 1. The molecular weight excluding hydrogens is 260 g/mol. The molecule has 1 aromatic carbocycles. The van der Waals surface area contributed by atoms with Gasteiger partial charge in [-0.2, -0.15) is 5.26 Å². The molecule has 1 N–H and O–H groups in total. The fourth-order valence-electron chi connectivity index (χ4n) is 2.83. The number of nitriles is 1. The standard InChI is InChI=1S/C14H18N2O2S/c1-11-5-3-6-12(9-11)16-14(10-15)8-4-7-13(14)19(2,17)18/h3,5-6,9,13,16H,4,7-8H2,1-2H3. The molecule has 0 aromatic heterocycles. The first-order valence-corrected chi connectivity index (χ1v) is 8.28. The van der Waals surface area contributed by atoms with Crippen molar-refractivity contribution < 1.29 is 8.42 Å². The number of nitrogens with zero attached hydrogens (tertiary/aromatic N) is 1. The lowest BCUT2D eigenvalue weighted by molar-refractivity contribution is 0.552. The average molecular weight is 278 g/mol. The summed E-state index contributed by atoms with van der Waals surface area (Å²) in [6, 6.07) is 9.87. The third-order valence-corrected chi connectivity index (χ3v) is 5.36. The predicted octanol–water partition coefficient (Wildman–Crippen LogP) is 2.27. The molecule has 2 atom stereocenters. The Morgan fingerprint density at radius 1 is 1.47 bits per heavy atom. The fraction of sp³-hybridized carbons (Fsp3) is 0.500. The van der Waals surface area contributed by atoms with Gasteiger partial charge in [0.1, 0.15) is 5.54 Å². The maximum Gasteiger partial charge on any atom is 0.153 e. The van der Waals surface area contributed by atoms with Crippen LogP contribution in [0.15, 0.2) is 24.3 Å². The van der Waals surface area contributed by atoms with Crippen LogP contribution in [0.5, 0.6) is 0 Å². The highest BCUT2D eigenvalue weighted by atomic mass is 32.2. The average Bonchev–Trinajstić information content (AvgIpc) is 2.73.